The number of aryl methyl sites for hydroxylation is 1. The van der Waals surface area contributed by atoms with Crippen LogP contribution < -0.4 is 0 Å². The Morgan fingerprint density at radius 2 is 2.11 bits per heavy atom. The highest BCUT2D eigenvalue weighted by molar-refractivity contribution is 5.78. The van der Waals surface area contributed by atoms with Gasteiger partial charge in [0.2, 0.25) is 0 Å². The summed E-state index contributed by atoms with van der Waals surface area (Å²) >= 11 is 0. The molecule has 3 aromatic rings. The molecule has 0 aliphatic rings. The van der Waals surface area contributed by atoms with E-state index < -0.39 is 6.10 Å². The van der Waals surface area contributed by atoms with Crippen molar-refractivity contribution < 1.29 is 9.52 Å². The van der Waals surface area contributed by atoms with E-state index in [1.165, 1.54) is 6.20 Å². The van der Waals surface area contributed by atoms with Gasteiger partial charge in [-0.1, -0.05) is 11.6 Å². The minimum absolute atomic E-state index is 0.480. The normalized spacial score (nSPS) is 12.8. The van der Waals surface area contributed by atoms with Crippen molar-refractivity contribution in [2.75, 3.05) is 0 Å². The Morgan fingerprint density at radius 3 is 2.89 bits per heavy atom. The highest BCUT2D eigenvalue weighted by atomic mass is 16.4. The van der Waals surface area contributed by atoms with Crippen LogP contribution in [0.25, 0.3) is 11.0 Å². The molecule has 3 rings (SSSR count). The van der Waals surface area contributed by atoms with Crippen molar-refractivity contribution in [1.82, 2.24) is 9.97 Å². The number of aliphatic hydroxyl groups is 1. The maximum Gasteiger partial charge on any atom is 0.155 e. The molecule has 1 N–H and O–H groups in total. The van der Waals surface area contributed by atoms with E-state index >= 15 is 0 Å². The minimum Gasteiger partial charge on any atom is -0.458 e. The number of nitrogens with zero attached hydrogens (tertiary/aromatic N) is 2. The van der Waals surface area contributed by atoms with Gasteiger partial charge in [0.05, 0.1) is 11.9 Å². The maximum absolute atomic E-state index is 10.2. The quantitative estimate of drug-likeness (QED) is 0.748. The van der Waals surface area contributed by atoms with Gasteiger partial charge in [-0.25, -0.2) is 0 Å². The molecule has 4 nitrogen and oxygen atoms in total. The van der Waals surface area contributed by atoms with E-state index in [9.17, 15) is 5.11 Å². The van der Waals surface area contributed by atoms with Crippen LogP contribution in [0.3, 0.4) is 0 Å². The molecule has 0 spiro atoms. The molecule has 0 saturated carbocycles. The number of aromatic nitrogens is 2. The molecule has 0 amide bonds. The molecule has 2 aromatic heterocycles. The summed E-state index contributed by atoms with van der Waals surface area (Å²) in [6.07, 6.45) is 3.76. The van der Waals surface area contributed by atoms with Crippen LogP contribution in [0.1, 0.15) is 23.1 Å². The number of hydrogen-bond acceptors (Lipinski definition) is 4. The van der Waals surface area contributed by atoms with Crippen LogP contribution >= 0.6 is 0 Å². The van der Waals surface area contributed by atoms with Gasteiger partial charge >= 0.3 is 0 Å². The van der Waals surface area contributed by atoms with Gasteiger partial charge in [0.1, 0.15) is 11.3 Å². The van der Waals surface area contributed by atoms with Crippen LogP contribution in [-0.2, 0) is 0 Å². The zero-order valence-electron chi connectivity index (χ0n) is 9.87. The summed E-state index contributed by atoms with van der Waals surface area (Å²) < 4.78 is 5.62. The molecule has 1 aromatic carbocycles. The van der Waals surface area contributed by atoms with E-state index in [0.717, 1.165) is 16.5 Å². The lowest BCUT2D eigenvalue weighted by Crippen LogP contribution is -2.00. The molecule has 0 radical (unpaired) electrons. The molecule has 18 heavy (non-hydrogen) atoms. The lowest BCUT2D eigenvalue weighted by atomic mass is 10.1. The van der Waals surface area contributed by atoms with E-state index in [1.807, 2.05) is 31.2 Å². The topological polar surface area (TPSA) is 59.2 Å². The molecule has 4 heteroatoms. The van der Waals surface area contributed by atoms with E-state index in [-0.39, 0.29) is 0 Å². The second-order valence-electron chi connectivity index (χ2n) is 4.22. The Morgan fingerprint density at radius 1 is 1.22 bits per heavy atom. The van der Waals surface area contributed by atoms with Gasteiger partial charge in [0, 0.05) is 17.8 Å². The molecule has 0 aliphatic carbocycles. The average Bonchev–Trinajstić information content (AvgIpc) is 2.81. The smallest absolute Gasteiger partial charge is 0.155 e. The summed E-state index contributed by atoms with van der Waals surface area (Å²) in [6, 6.07) is 7.73. The van der Waals surface area contributed by atoms with Crippen molar-refractivity contribution in [3.05, 3.63) is 59.9 Å². The highest BCUT2D eigenvalue weighted by Crippen LogP contribution is 2.27. The summed E-state index contributed by atoms with van der Waals surface area (Å²) in [5, 5.41) is 11.1. The fourth-order valence-electron chi connectivity index (χ4n) is 1.92. The van der Waals surface area contributed by atoms with Gasteiger partial charge in [-0.3, -0.25) is 9.97 Å². The lowest BCUT2D eigenvalue weighted by molar-refractivity contribution is 0.187. The first-order chi connectivity index (χ1) is 8.74. The summed E-state index contributed by atoms with van der Waals surface area (Å²) in [5.41, 5.74) is 2.40. The van der Waals surface area contributed by atoms with Crippen LogP contribution in [0.4, 0.5) is 0 Å². The Hall–Kier alpha value is -2.20. The zero-order chi connectivity index (χ0) is 12.5. The second kappa shape index (κ2) is 4.23. The zero-order valence-corrected chi connectivity index (χ0v) is 9.87. The predicted molar refractivity (Wildman–Crippen MR) is 67.0 cm³/mol. The van der Waals surface area contributed by atoms with E-state index in [4.69, 9.17) is 4.42 Å². The maximum atomic E-state index is 10.2. The number of benzene rings is 1. The molecule has 0 fully saturated rings. The molecular formula is C14H12N2O2. The summed E-state index contributed by atoms with van der Waals surface area (Å²) in [5.74, 6) is 0.483. The monoisotopic (exact) mass is 240 g/mol. The third kappa shape index (κ3) is 1.87. The molecule has 2 heterocycles. The Kier molecular flexibility index (Phi) is 2.57. The number of fused-ring (bicyclic) bond motifs is 1. The first kappa shape index (κ1) is 10.9. The van der Waals surface area contributed by atoms with Gasteiger partial charge in [0.25, 0.3) is 0 Å². The van der Waals surface area contributed by atoms with Crippen molar-refractivity contribution in [3.63, 3.8) is 0 Å². The average molecular weight is 240 g/mol. The fourth-order valence-corrected chi connectivity index (χ4v) is 1.92. The molecule has 0 aliphatic heterocycles. The van der Waals surface area contributed by atoms with Crippen molar-refractivity contribution in [1.29, 1.82) is 0 Å². The summed E-state index contributed by atoms with van der Waals surface area (Å²) in [7, 11) is 0. The number of rotatable bonds is 2. The third-order valence-corrected chi connectivity index (χ3v) is 2.82. The summed E-state index contributed by atoms with van der Waals surface area (Å²) in [4.78, 5) is 8.01. The lowest BCUT2D eigenvalue weighted by Gasteiger charge is -2.04. The Labute approximate surface area is 104 Å². The molecule has 1 atom stereocenters. The Balaban J connectivity index is 2.04. The molecular weight excluding hydrogens is 228 g/mol. The molecule has 1 unspecified atom stereocenters. The van der Waals surface area contributed by atoms with Crippen molar-refractivity contribution in [3.8, 4) is 0 Å². The molecule has 0 bridgehead atoms. The van der Waals surface area contributed by atoms with Crippen molar-refractivity contribution in [2.45, 2.75) is 13.0 Å². The van der Waals surface area contributed by atoms with Crippen LogP contribution in [0.5, 0.6) is 0 Å². The first-order valence-electron chi connectivity index (χ1n) is 5.68. The second-order valence-corrected chi connectivity index (χ2v) is 4.22. The molecule has 90 valence electrons. The largest absolute Gasteiger partial charge is 0.458 e. The van der Waals surface area contributed by atoms with Crippen LogP contribution in [0, 0.1) is 6.92 Å². The third-order valence-electron chi connectivity index (χ3n) is 2.82. The van der Waals surface area contributed by atoms with E-state index in [2.05, 4.69) is 9.97 Å². The fraction of sp³-hybridized carbons (Fsp3) is 0.143. The minimum atomic E-state index is -0.883. The van der Waals surface area contributed by atoms with Gasteiger partial charge < -0.3 is 9.52 Å². The first-order valence-corrected chi connectivity index (χ1v) is 5.68. The van der Waals surface area contributed by atoms with Crippen LogP contribution in [-0.4, -0.2) is 15.1 Å². The van der Waals surface area contributed by atoms with Crippen LogP contribution in [0.2, 0.25) is 0 Å². The number of hydrogen-bond donors (Lipinski definition) is 1. The van der Waals surface area contributed by atoms with Crippen molar-refractivity contribution in [2.24, 2.45) is 0 Å². The van der Waals surface area contributed by atoms with Crippen molar-refractivity contribution >= 4 is 11.0 Å². The van der Waals surface area contributed by atoms with Gasteiger partial charge in [-0.15, -0.1) is 0 Å². The highest BCUT2D eigenvalue weighted by Gasteiger charge is 2.16. The van der Waals surface area contributed by atoms with E-state index in [1.54, 1.807) is 12.4 Å². The van der Waals surface area contributed by atoms with Gasteiger partial charge in [-0.2, -0.15) is 0 Å². The SMILES string of the molecule is Cc1ccc2oc(C(O)c3cnccn3)cc2c1. The number of aliphatic hydroxyl groups excluding tert-OH is 1. The number of furan rings is 1. The predicted octanol–water partition coefficient (Wildman–Crippen LogP) is 2.61. The Bertz CT molecular complexity index is 677. The van der Waals surface area contributed by atoms with Gasteiger partial charge in [-0.05, 0) is 25.1 Å². The van der Waals surface area contributed by atoms with Gasteiger partial charge in [0.15, 0.2) is 6.10 Å². The summed E-state index contributed by atoms with van der Waals surface area (Å²) in [6.45, 7) is 2.02. The van der Waals surface area contributed by atoms with Crippen LogP contribution in [0.15, 0.2) is 47.3 Å². The standard InChI is InChI=1S/C14H12N2O2/c1-9-2-3-12-10(6-9)7-13(18-12)14(17)11-8-15-4-5-16-11/h2-8,14,17H,1H3. The van der Waals surface area contributed by atoms with E-state index in [0.29, 0.717) is 11.5 Å². The molecule has 0 saturated heterocycles.